The Kier molecular flexibility index (Phi) is 4.49. The molecule has 3 fully saturated rings. The summed E-state index contributed by atoms with van der Waals surface area (Å²) < 4.78 is 11.7. The number of ether oxygens (including phenoxy) is 2. The van der Waals surface area contributed by atoms with Gasteiger partial charge in [0, 0.05) is 36.0 Å². The number of nitrogens with one attached hydrogen (secondary N) is 1. The van der Waals surface area contributed by atoms with E-state index in [-0.39, 0.29) is 23.7 Å². The Bertz CT molecular complexity index is 1220. The second kappa shape index (κ2) is 7.34. The first-order chi connectivity index (χ1) is 16.9. The molecular weight excluding hydrogens is 446 g/mol. The van der Waals surface area contributed by atoms with Crippen LogP contribution in [0.25, 0.3) is 0 Å². The zero-order valence-electron chi connectivity index (χ0n) is 19.9. The van der Waals surface area contributed by atoms with Crippen LogP contribution in [0.15, 0.2) is 30.5 Å². The standard InChI is InChI=1S/C27H31N3O5/c1-34-21-13-17(7-10-28-21)25(32)29-18-6-8-27(33)20-12-16-4-5-19(31)23-22(16)26(27,24(18)35-23)9-11-30(20)14-15-2-3-15/h4-5,7,10,13,15,18,20,24,31,33H,2-3,6,8-9,11-12,14H2,1H3,(H,29,32)/t18-,20?,24+,26+,27?/m0/s1. The number of phenolic OH excluding ortho intramolecular Hbond substituents is 1. The summed E-state index contributed by atoms with van der Waals surface area (Å²) in [7, 11) is 1.52. The minimum Gasteiger partial charge on any atom is -0.504 e. The van der Waals surface area contributed by atoms with E-state index in [9.17, 15) is 15.0 Å². The molecule has 3 heterocycles. The van der Waals surface area contributed by atoms with Crippen molar-refractivity contribution in [2.75, 3.05) is 20.2 Å². The summed E-state index contributed by atoms with van der Waals surface area (Å²) in [6.45, 7) is 1.93. The normalized spacial score (nSPS) is 34.6. The fourth-order valence-electron chi connectivity index (χ4n) is 7.54. The lowest BCUT2D eigenvalue weighted by molar-refractivity contribution is -0.191. The van der Waals surface area contributed by atoms with Crippen LogP contribution in [0, 0.1) is 5.92 Å². The Hall–Kier alpha value is -2.84. The fraction of sp³-hybridized carbons (Fsp3) is 0.556. The van der Waals surface area contributed by atoms with E-state index >= 15 is 0 Å². The predicted octanol–water partition coefficient (Wildman–Crippen LogP) is 2.16. The highest BCUT2D eigenvalue weighted by Crippen LogP contribution is 2.65. The number of aliphatic hydroxyl groups is 1. The van der Waals surface area contributed by atoms with Crippen LogP contribution in [0.5, 0.6) is 17.4 Å². The Balaban J connectivity index is 1.28. The van der Waals surface area contributed by atoms with Crippen molar-refractivity contribution >= 4 is 5.91 Å². The molecule has 2 unspecified atom stereocenters. The van der Waals surface area contributed by atoms with Gasteiger partial charge in [-0.3, -0.25) is 9.69 Å². The van der Waals surface area contributed by atoms with Crippen molar-refractivity contribution < 1.29 is 24.5 Å². The first kappa shape index (κ1) is 21.4. The van der Waals surface area contributed by atoms with Gasteiger partial charge in [0.05, 0.1) is 24.2 Å². The molecule has 1 spiro atoms. The van der Waals surface area contributed by atoms with E-state index in [0.717, 1.165) is 43.0 Å². The Morgan fingerprint density at radius 1 is 1.29 bits per heavy atom. The number of carbonyl (C=O) groups excluding carboxylic acids is 1. The molecule has 1 saturated heterocycles. The SMILES string of the molecule is COc1cc(C(=O)N[C@H]2CCC3(O)C4Cc5ccc(O)c6c5[C@]3(CCN4CC3CC3)[C@@H]2O6)ccn1. The number of piperidine rings is 1. The van der Waals surface area contributed by atoms with E-state index in [4.69, 9.17) is 9.47 Å². The van der Waals surface area contributed by atoms with Crippen molar-refractivity contribution in [3.63, 3.8) is 0 Å². The van der Waals surface area contributed by atoms with Crippen molar-refractivity contribution in [1.29, 1.82) is 0 Å². The number of aromatic hydroxyl groups is 1. The van der Waals surface area contributed by atoms with Gasteiger partial charge in [0.15, 0.2) is 11.5 Å². The van der Waals surface area contributed by atoms with E-state index in [1.54, 1.807) is 24.4 Å². The van der Waals surface area contributed by atoms with Gasteiger partial charge in [0.2, 0.25) is 5.88 Å². The van der Waals surface area contributed by atoms with Gasteiger partial charge in [-0.1, -0.05) is 6.07 Å². The number of carbonyl (C=O) groups is 1. The van der Waals surface area contributed by atoms with Gasteiger partial charge < -0.3 is 25.0 Å². The zero-order chi connectivity index (χ0) is 23.9. The number of aromatic nitrogens is 1. The highest BCUT2D eigenvalue weighted by Gasteiger charge is 2.73. The lowest BCUT2D eigenvalue weighted by Gasteiger charge is -2.64. The molecule has 7 rings (SSSR count). The molecule has 2 aromatic rings. The Morgan fingerprint density at radius 3 is 2.94 bits per heavy atom. The monoisotopic (exact) mass is 477 g/mol. The third kappa shape index (κ3) is 2.87. The number of hydrogen-bond acceptors (Lipinski definition) is 7. The summed E-state index contributed by atoms with van der Waals surface area (Å²) in [6, 6.07) is 6.72. The van der Waals surface area contributed by atoms with Crippen molar-refractivity contribution in [1.82, 2.24) is 15.2 Å². The van der Waals surface area contributed by atoms with E-state index in [2.05, 4.69) is 15.2 Å². The van der Waals surface area contributed by atoms with Crippen LogP contribution in [-0.2, 0) is 11.8 Å². The van der Waals surface area contributed by atoms with Crippen LogP contribution >= 0.6 is 0 Å². The van der Waals surface area contributed by atoms with Crippen LogP contribution in [0.3, 0.4) is 0 Å². The summed E-state index contributed by atoms with van der Waals surface area (Å²) in [5.41, 5.74) is 0.983. The molecule has 2 bridgehead atoms. The summed E-state index contributed by atoms with van der Waals surface area (Å²) in [6.07, 6.45) is 6.36. The number of amides is 1. The maximum atomic E-state index is 13.2. The second-order valence-electron chi connectivity index (χ2n) is 11.0. The van der Waals surface area contributed by atoms with Crippen LogP contribution < -0.4 is 14.8 Å². The number of benzene rings is 1. The Morgan fingerprint density at radius 2 is 2.14 bits per heavy atom. The molecule has 1 aromatic heterocycles. The quantitative estimate of drug-likeness (QED) is 0.606. The largest absolute Gasteiger partial charge is 0.504 e. The summed E-state index contributed by atoms with van der Waals surface area (Å²) in [5, 5.41) is 26.4. The number of rotatable bonds is 5. The molecule has 8 heteroatoms. The summed E-state index contributed by atoms with van der Waals surface area (Å²) >= 11 is 0. The first-order valence-electron chi connectivity index (χ1n) is 12.7. The van der Waals surface area contributed by atoms with Gasteiger partial charge >= 0.3 is 0 Å². The highest BCUT2D eigenvalue weighted by atomic mass is 16.5. The van der Waals surface area contributed by atoms with Crippen molar-refractivity contribution in [2.24, 2.45) is 5.92 Å². The molecule has 184 valence electrons. The predicted molar refractivity (Wildman–Crippen MR) is 127 cm³/mol. The molecule has 5 aliphatic rings. The fourth-order valence-corrected chi connectivity index (χ4v) is 7.54. The van der Waals surface area contributed by atoms with Gasteiger partial charge in [0.25, 0.3) is 5.91 Å². The molecular formula is C27H31N3O5. The number of pyridine rings is 1. The van der Waals surface area contributed by atoms with Crippen molar-refractivity contribution in [3.05, 3.63) is 47.2 Å². The van der Waals surface area contributed by atoms with Crippen LogP contribution in [-0.4, -0.2) is 70.0 Å². The molecule has 1 aromatic carbocycles. The van der Waals surface area contributed by atoms with Crippen LogP contribution in [0.1, 0.15) is 53.6 Å². The molecule has 3 aliphatic carbocycles. The molecule has 0 radical (unpaired) electrons. The molecule has 35 heavy (non-hydrogen) atoms. The van der Waals surface area contributed by atoms with Gasteiger partial charge in [0.1, 0.15) is 6.10 Å². The molecule has 5 atom stereocenters. The topological polar surface area (TPSA) is 104 Å². The third-order valence-electron chi connectivity index (χ3n) is 9.29. The highest BCUT2D eigenvalue weighted by molar-refractivity contribution is 5.94. The smallest absolute Gasteiger partial charge is 0.251 e. The number of likely N-dealkylation sites (tertiary alicyclic amines) is 1. The van der Waals surface area contributed by atoms with E-state index in [1.165, 1.54) is 20.0 Å². The lowest BCUT2D eigenvalue weighted by Crippen LogP contribution is -2.78. The maximum Gasteiger partial charge on any atom is 0.251 e. The summed E-state index contributed by atoms with van der Waals surface area (Å²) in [5.74, 6) is 1.50. The van der Waals surface area contributed by atoms with E-state index < -0.39 is 17.1 Å². The molecule has 8 nitrogen and oxygen atoms in total. The molecule has 3 N–H and O–H groups in total. The summed E-state index contributed by atoms with van der Waals surface area (Å²) in [4.78, 5) is 19.8. The number of nitrogens with zero attached hydrogens (tertiary/aromatic N) is 2. The van der Waals surface area contributed by atoms with Gasteiger partial charge in [-0.25, -0.2) is 4.98 Å². The molecule has 2 aliphatic heterocycles. The minimum absolute atomic E-state index is 0.0204. The van der Waals surface area contributed by atoms with Crippen molar-refractivity contribution in [2.45, 2.75) is 67.7 Å². The van der Waals surface area contributed by atoms with Gasteiger partial charge in [-0.15, -0.1) is 0 Å². The van der Waals surface area contributed by atoms with Crippen molar-refractivity contribution in [3.8, 4) is 17.4 Å². The van der Waals surface area contributed by atoms with E-state index in [1.807, 2.05) is 6.07 Å². The average Bonchev–Trinajstić information content (AvgIpc) is 3.61. The zero-order valence-corrected chi connectivity index (χ0v) is 19.9. The molecule has 1 amide bonds. The number of phenols is 1. The number of methoxy groups -OCH3 is 1. The van der Waals surface area contributed by atoms with E-state index in [0.29, 0.717) is 30.0 Å². The van der Waals surface area contributed by atoms with Gasteiger partial charge in [-0.2, -0.15) is 0 Å². The average molecular weight is 478 g/mol. The second-order valence-corrected chi connectivity index (χ2v) is 11.0. The third-order valence-corrected chi connectivity index (χ3v) is 9.29. The Labute approximate surface area is 204 Å². The minimum atomic E-state index is -0.960. The molecule has 2 saturated carbocycles. The van der Waals surface area contributed by atoms with Gasteiger partial charge in [-0.05, 0) is 68.7 Å². The van der Waals surface area contributed by atoms with Crippen LogP contribution in [0.4, 0.5) is 0 Å². The number of hydrogen-bond donors (Lipinski definition) is 3. The lowest BCUT2D eigenvalue weighted by atomic mass is 9.48. The maximum absolute atomic E-state index is 13.2. The van der Waals surface area contributed by atoms with Crippen LogP contribution in [0.2, 0.25) is 0 Å². The first-order valence-corrected chi connectivity index (χ1v) is 12.7.